The molecular formula is C9H15NO8S2. The van der Waals surface area contributed by atoms with Gasteiger partial charge in [-0.1, -0.05) is 0 Å². The maximum absolute atomic E-state index is 11.9. The Kier molecular flexibility index (Phi) is 5.10. The van der Waals surface area contributed by atoms with Gasteiger partial charge in [-0.15, -0.1) is 0 Å². The lowest BCUT2D eigenvalue weighted by Crippen LogP contribution is -2.47. The molecule has 0 saturated carbocycles. The van der Waals surface area contributed by atoms with Gasteiger partial charge in [0.15, 0.2) is 0 Å². The molecule has 116 valence electrons. The van der Waals surface area contributed by atoms with E-state index in [4.69, 9.17) is 10.2 Å². The number of rotatable bonds is 6. The predicted octanol–water partition coefficient (Wildman–Crippen LogP) is -1.59. The van der Waals surface area contributed by atoms with Crippen molar-refractivity contribution < 1.29 is 36.6 Å². The van der Waals surface area contributed by atoms with Gasteiger partial charge in [-0.25, -0.2) is 21.6 Å². The van der Waals surface area contributed by atoms with Crippen LogP contribution in [0.15, 0.2) is 0 Å². The van der Waals surface area contributed by atoms with E-state index in [0.717, 1.165) is 0 Å². The van der Waals surface area contributed by atoms with E-state index in [-0.39, 0.29) is 24.3 Å². The average Bonchev–Trinajstić information content (AvgIpc) is 2.26. The minimum Gasteiger partial charge on any atom is -0.481 e. The molecule has 20 heavy (non-hydrogen) atoms. The van der Waals surface area contributed by atoms with E-state index in [1.165, 1.54) is 0 Å². The Balaban J connectivity index is 2.78. The fourth-order valence-corrected chi connectivity index (χ4v) is 5.25. The van der Waals surface area contributed by atoms with Crippen LogP contribution in [0.2, 0.25) is 0 Å². The third-order valence-electron chi connectivity index (χ3n) is 2.92. The quantitative estimate of drug-likeness (QED) is 0.527. The Bertz CT molecular complexity index is 579. The summed E-state index contributed by atoms with van der Waals surface area (Å²) < 4.78 is 48.1. The second kappa shape index (κ2) is 6.06. The van der Waals surface area contributed by atoms with Gasteiger partial charge in [-0.3, -0.25) is 9.59 Å². The van der Waals surface area contributed by atoms with E-state index < -0.39 is 49.5 Å². The molecule has 0 amide bonds. The van der Waals surface area contributed by atoms with E-state index in [9.17, 15) is 26.4 Å². The van der Waals surface area contributed by atoms with E-state index >= 15 is 0 Å². The molecule has 1 saturated heterocycles. The first-order chi connectivity index (χ1) is 9.03. The summed E-state index contributed by atoms with van der Waals surface area (Å²) in [5.74, 6) is -3.62. The van der Waals surface area contributed by atoms with Crippen molar-refractivity contribution in [2.45, 2.75) is 30.6 Å². The van der Waals surface area contributed by atoms with Crippen molar-refractivity contribution in [2.24, 2.45) is 0 Å². The first kappa shape index (κ1) is 16.9. The second-order valence-electron chi connectivity index (χ2n) is 4.50. The molecule has 0 aromatic rings. The van der Waals surface area contributed by atoms with Crippen LogP contribution in [0.25, 0.3) is 0 Å². The molecule has 1 atom stereocenters. The summed E-state index contributed by atoms with van der Waals surface area (Å²) >= 11 is 0. The summed E-state index contributed by atoms with van der Waals surface area (Å²) in [6.45, 7) is 0. The topological polar surface area (TPSA) is 155 Å². The standard InChI is InChI=1S/C9H15NO8S2/c11-8(12)5-7(9(13)14)10-20(17,18)6-1-3-19(15,16)4-2-6/h6-7,10H,1-5H2,(H,11,12)(H,13,14)/t7-/m0/s1. The Morgan fingerprint density at radius 1 is 1.20 bits per heavy atom. The highest BCUT2D eigenvalue weighted by Gasteiger charge is 2.36. The molecule has 1 fully saturated rings. The number of sulfone groups is 1. The van der Waals surface area contributed by atoms with Gasteiger partial charge in [0.2, 0.25) is 10.0 Å². The normalized spacial score (nSPS) is 21.2. The molecule has 11 heteroatoms. The van der Waals surface area contributed by atoms with Crippen LogP contribution in [0.1, 0.15) is 19.3 Å². The molecule has 9 nitrogen and oxygen atoms in total. The van der Waals surface area contributed by atoms with Gasteiger partial charge in [0.25, 0.3) is 0 Å². The molecule has 1 heterocycles. The first-order valence-corrected chi connectivity index (χ1v) is 9.06. The monoisotopic (exact) mass is 329 g/mol. The number of hydrogen-bond acceptors (Lipinski definition) is 6. The summed E-state index contributed by atoms with van der Waals surface area (Å²) in [4.78, 5) is 21.3. The van der Waals surface area contributed by atoms with Crippen molar-refractivity contribution in [2.75, 3.05) is 11.5 Å². The van der Waals surface area contributed by atoms with Gasteiger partial charge in [0.1, 0.15) is 15.9 Å². The SMILES string of the molecule is O=C(O)C[C@H](NS(=O)(=O)C1CCS(=O)(=O)CC1)C(=O)O. The van der Waals surface area contributed by atoms with Crippen LogP contribution < -0.4 is 4.72 Å². The second-order valence-corrected chi connectivity index (χ2v) is 8.80. The van der Waals surface area contributed by atoms with Crippen molar-refractivity contribution in [1.82, 2.24) is 4.72 Å². The first-order valence-electron chi connectivity index (χ1n) is 5.69. The van der Waals surface area contributed by atoms with Crippen LogP contribution in [0.3, 0.4) is 0 Å². The maximum Gasteiger partial charge on any atom is 0.322 e. The predicted molar refractivity (Wildman–Crippen MR) is 67.4 cm³/mol. The van der Waals surface area contributed by atoms with Gasteiger partial charge >= 0.3 is 11.9 Å². The van der Waals surface area contributed by atoms with Crippen LogP contribution in [-0.2, 0) is 29.4 Å². The molecule has 0 aromatic heterocycles. The molecule has 0 bridgehead atoms. The summed E-state index contributed by atoms with van der Waals surface area (Å²) in [7, 11) is -7.32. The smallest absolute Gasteiger partial charge is 0.322 e. The van der Waals surface area contributed by atoms with E-state index in [2.05, 4.69) is 0 Å². The van der Waals surface area contributed by atoms with Gasteiger partial charge in [0, 0.05) is 0 Å². The van der Waals surface area contributed by atoms with Crippen LogP contribution in [0, 0.1) is 0 Å². The van der Waals surface area contributed by atoms with Gasteiger partial charge in [-0.2, -0.15) is 0 Å². The largest absolute Gasteiger partial charge is 0.481 e. The number of carboxylic acid groups (broad SMARTS) is 2. The molecule has 0 radical (unpaired) electrons. The lowest BCUT2D eigenvalue weighted by Gasteiger charge is -2.23. The summed E-state index contributed by atoms with van der Waals surface area (Å²) in [6.07, 6.45) is -1.15. The van der Waals surface area contributed by atoms with Crippen molar-refractivity contribution >= 4 is 31.8 Å². The van der Waals surface area contributed by atoms with E-state index in [1.807, 2.05) is 4.72 Å². The minimum atomic E-state index is -4.08. The maximum atomic E-state index is 11.9. The van der Waals surface area contributed by atoms with Gasteiger partial charge < -0.3 is 10.2 Å². The molecule has 0 aliphatic carbocycles. The molecule has 0 spiro atoms. The van der Waals surface area contributed by atoms with Crippen LogP contribution in [0.5, 0.6) is 0 Å². The average molecular weight is 329 g/mol. The number of hydrogen-bond donors (Lipinski definition) is 3. The fraction of sp³-hybridized carbons (Fsp3) is 0.778. The summed E-state index contributed by atoms with van der Waals surface area (Å²) in [6, 6.07) is -1.77. The van der Waals surface area contributed by atoms with Crippen LogP contribution in [0.4, 0.5) is 0 Å². The lowest BCUT2D eigenvalue weighted by molar-refractivity contribution is -0.145. The van der Waals surface area contributed by atoms with Crippen molar-refractivity contribution in [1.29, 1.82) is 0 Å². The molecular weight excluding hydrogens is 314 g/mol. The summed E-state index contributed by atoms with van der Waals surface area (Å²) in [5.41, 5.74) is 0. The Morgan fingerprint density at radius 3 is 2.10 bits per heavy atom. The van der Waals surface area contributed by atoms with Crippen LogP contribution >= 0.6 is 0 Å². The lowest BCUT2D eigenvalue weighted by atomic mass is 10.2. The molecule has 1 aliphatic rings. The number of carboxylic acids is 2. The number of carbonyl (C=O) groups is 2. The molecule has 1 aliphatic heterocycles. The Labute approximate surface area is 116 Å². The van der Waals surface area contributed by atoms with E-state index in [0.29, 0.717) is 0 Å². The van der Waals surface area contributed by atoms with Gasteiger partial charge in [-0.05, 0) is 12.8 Å². The van der Waals surface area contributed by atoms with Gasteiger partial charge in [0.05, 0.1) is 23.2 Å². The zero-order valence-electron chi connectivity index (χ0n) is 10.4. The highest BCUT2D eigenvalue weighted by atomic mass is 32.2. The molecule has 1 rings (SSSR count). The zero-order chi connectivity index (χ0) is 15.6. The summed E-state index contributed by atoms with van der Waals surface area (Å²) in [5, 5.41) is 16.3. The molecule has 0 unspecified atom stereocenters. The highest BCUT2D eigenvalue weighted by Crippen LogP contribution is 2.19. The number of aliphatic carboxylic acids is 2. The van der Waals surface area contributed by atoms with Crippen molar-refractivity contribution in [3.63, 3.8) is 0 Å². The minimum absolute atomic E-state index is 0.128. The Hall–Kier alpha value is -1.20. The third kappa shape index (κ3) is 4.72. The third-order valence-corrected chi connectivity index (χ3v) is 6.60. The number of sulfonamides is 1. The fourth-order valence-electron chi connectivity index (χ4n) is 1.83. The zero-order valence-corrected chi connectivity index (χ0v) is 12.0. The van der Waals surface area contributed by atoms with Crippen LogP contribution in [-0.4, -0.2) is 61.8 Å². The number of nitrogens with one attached hydrogen (secondary N) is 1. The van der Waals surface area contributed by atoms with Crippen molar-refractivity contribution in [3.05, 3.63) is 0 Å². The molecule has 0 aromatic carbocycles. The highest BCUT2D eigenvalue weighted by molar-refractivity contribution is 7.92. The van der Waals surface area contributed by atoms with E-state index in [1.54, 1.807) is 0 Å². The molecule has 3 N–H and O–H groups in total. The Morgan fingerprint density at radius 2 is 1.70 bits per heavy atom. The van der Waals surface area contributed by atoms with Crippen molar-refractivity contribution in [3.8, 4) is 0 Å².